The molecule has 0 unspecified atom stereocenters. The van der Waals surface area contributed by atoms with E-state index < -0.39 is 23.3 Å². The summed E-state index contributed by atoms with van der Waals surface area (Å²) in [5.74, 6) is -1.61. The van der Waals surface area contributed by atoms with Gasteiger partial charge in [0.05, 0.1) is 11.1 Å². The number of carbonyl (C=O) groups is 1. The van der Waals surface area contributed by atoms with Gasteiger partial charge in [0.1, 0.15) is 0 Å². The Morgan fingerprint density at radius 2 is 2.12 bits per heavy atom. The lowest BCUT2D eigenvalue weighted by Crippen LogP contribution is -2.25. The van der Waals surface area contributed by atoms with E-state index in [0.717, 1.165) is 0 Å². The van der Waals surface area contributed by atoms with Crippen LogP contribution in [0.3, 0.4) is 0 Å². The summed E-state index contributed by atoms with van der Waals surface area (Å²) in [6, 6.07) is 0. The Labute approximate surface area is 96.4 Å². The van der Waals surface area contributed by atoms with Crippen molar-refractivity contribution in [3.8, 4) is 0 Å². The summed E-state index contributed by atoms with van der Waals surface area (Å²) in [4.78, 5) is 14.4. The number of carboxylic acid groups (broad SMARTS) is 1. The molecule has 0 atom stereocenters. The van der Waals surface area contributed by atoms with E-state index in [-0.39, 0.29) is 18.1 Å². The number of hydrogen-bond acceptors (Lipinski definition) is 2. The zero-order chi connectivity index (χ0) is 13.3. The van der Waals surface area contributed by atoms with Gasteiger partial charge in [-0.05, 0) is 31.9 Å². The highest BCUT2D eigenvalue weighted by atomic mass is 19.4. The summed E-state index contributed by atoms with van der Waals surface area (Å²) < 4.78 is 38.1. The van der Waals surface area contributed by atoms with E-state index in [4.69, 9.17) is 5.11 Å². The zero-order valence-corrected chi connectivity index (χ0v) is 9.38. The van der Waals surface area contributed by atoms with Gasteiger partial charge in [-0.15, -0.1) is 0 Å². The maximum atomic E-state index is 12.7. The van der Waals surface area contributed by atoms with E-state index in [1.807, 2.05) is 0 Å². The minimum atomic E-state index is -4.68. The van der Waals surface area contributed by atoms with Crippen LogP contribution in [0, 0.1) is 0 Å². The van der Waals surface area contributed by atoms with Gasteiger partial charge in [-0.1, -0.05) is 0 Å². The first-order valence-electron chi connectivity index (χ1n) is 4.88. The second-order valence-corrected chi connectivity index (χ2v) is 4.35. The highest BCUT2D eigenvalue weighted by Gasteiger charge is 2.38. The number of hydrogen-bond donors (Lipinski definition) is 1. The third-order valence-corrected chi connectivity index (χ3v) is 2.24. The van der Waals surface area contributed by atoms with Gasteiger partial charge < -0.3 is 5.11 Å². The van der Waals surface area contributed by atoms with Crippen LogP contribution in [0.1, 0.15) is 20.3 Å². The average molecular weight is 247 g/mol. The molecule has 1 heterocycles. The number of aliphatic carboxylic acids is 1. The summed E-state index contributed by atoms with van der Waals surface area (Å²) in [7, 11) is 0. The molecule has 17 heavy (non-hydrogen) atoms. The molecule has 0 radical (unpaired) electrons. The molecule has 0 fully saturated rings. The van der Waals surface area contributed by atoms with Crippen molar-refractivity contribution in [3.05, 3.63) is 23.3 Å². The maximum Gasteiger partial charge on any atom is 0.416 e. The van der Waals surface area contributed by atoms with Gasteiger partial charge in [0.25, 0.3) is 0 Å². The monoisotopic (exact) mass is 247 g/mol. The molecule has 94 valence electrons. The Bertz CT molecular complexity index is 417. The number of rotatable bonds is 2. The highest BCUT2D eigenvalue weighted by molar-refractivity contribution is 5.83. The summed E-state index contributed by atoms with van der Waals surface area (Å²) in [6.07, 6.45) is -1.94. The van der Waals surface area contributed by atoms with Crippen molar-refractivity contribution in [2.24, 2.45) is 4.99 Å². The largest absolute Gasteiger partial charge is 0.478 e. The predicted octanol–water partition coefficient (Wildman–Crippen LogP) is 2.74. The summed E-state index contributed by atoms with van der Waals surface area (Å²) >= 11 is 0. The fourth-order valence-electron chi connectivity index (χ4n) is 1.56. The first kappa shape index (κ1) is 13.5. The predicted molar refractivity (Wildman–Crippen MR) is 57.0 cm³/mol. The minimum absolute atomic E-state index is 0.0556. The van der Waals surface area contributed by atoms with Crippen molar-refractivity contribution >= 4 is 12.2 Å². The summed E-state index contributed by atoms with van der Waals surface area (Å²) in [5, 5.41) is 8.47. The first-order chi connectivity index (χ1) is 7.62. The molecule has 1 rings (SSSR count). The third-order valence-electron chi connectivity index (χ3n) is 2.24. The van der Waals surface area contributed by atoms with Crippen LogP contribution in [0.25, 0.3) is 0 Å². The molecule has 0 aromatic carbocycles. The van der Waals surface area contributed by atoms with Crippen LogP contribution < -0.4 is 0 Å². The fourth-order valence-corrected chi connectivity index (χ4v) is 1.56. The molecule has 1 N–H and O–H groups in total. The Morgan fingerprint density at radius 3 is 2.53 bits per heavy atom. The molecule has 1 aliphatic heterocycles. The molecule has 0 spiro atoms. The zero-order valence-electron chi connectivity index (χ0n) is 9.38. The molecule has 0 aromatic heterocycles. The SMILES string of the molecule is CC1(C)CC(/C(=C/C(=O)O)C(F)(F)F)=CC=N1. The average Bonchev–Trinajstić information content (AvgIpc) is 2.10. The van der Waals surface area contributed by atoms with E-state index >= 15 is 0 Å². The van der Waals surface area contributed by atoms with E-state index in [9.17, 15) is 18.0 Å². The summed E-state index contributed by atoms with van der Waals surface area (Å²) in [6.45, 7) is 3.37. The van der Waals surface area contributed by atoms with E-state index in [1.54, 1.807) is 13.8 Å². The molecule has 0 aliphatic carbocycles. The van der Waals surface area contributed by atoms with Gasteiger partial charge in [0, 0.05) is 12.3 Å². The Morgan fingerprint density at radius 1 is 1.53 bits per heavy atom. The second kappa shape index (κ2) is 4.35. The minimum Gasteiger partial charge on any atom is -0.478 e. The number of halogens is 3. The van der Waals surface area contributed by atoms with Crippen molar-refractivity contribution < 1.29 is 23.1 Å². The van der Waals surface area contributed by atoms with E-state index in [1.165, 1.54) is 12.3 Å². The quantitative estimate of drug-likeness (QED) is 0.763. The van der Waals surface area contributed by atoms with Crippen molar-refractivity contribution in [3.63, 3.8) is 0 Å². The fraction of sp³-hybridized carbons (Fsp3) is 0.455. The number of alkyl halides is 3. The van der Waals surface area contributed by atoms with E-state index in [2.05, 4.69) is 4.99 Å². The van der Waals surface area contributed by atoms with E-state index in [0.29, 0.717) is 0 Å². The normalized spacial score (nSPS) is 20.1. The van der Waals surface area contributed by atoms with Gasteiger partial charge in [0.2, 0.25) is 0 Å². The molecule has 1 aliphatic rings. The molecule has 0 saturated carbocycles. The van der Waals surface area contributed by atoms with Gasteiger partial charge in [-0.3, -0.25) is 4.99 Å². The van der Waals surface area contributed by atoms with Crippen molar-refractivity contribution in [1.82, 2.24) is 0 Å². The molecule has 0 bridgehead atoms. The summed E-state index contributed by atoms with van der Waals surface area (Å²) in [5.41, 5.74) is -1.82. The molecule has 0 saturated heterocycles. The smallest absolute Gasteiger partial charge is 0.416 e. The molecule has 0 amide bonds. The Kier molecular flexibility index (Phi) is 3.45. The molecular weight excluding hydrogens is 235 g/mol. The van der Waals surface area contributed by atoms with Crippen LogP contribution in [-0.2, 0) is 4.79 Å². The standard InChI is InChI=1S/C11H12F3NO2/c1-10(2)6-7(3-4-15-10)8(5-9(16)17)11(12,13)14/h3-5H,6H2,1-2H3,(H,16,17)/b8-5-. The third kappa shape index (κ3) is 3.72. The number of allylic oxidation sites excluding steroid dienone is 2. The Hall–Kier alpha value is -1.59. The Balaban J connectivity index is 3.14. The number of dihydropyridines is 1. The van der Waals surface area contributed by atoms with Crippen LogP contribution in [0.5, 0.6) is 0 Å². The lowest BCUT2D eigenvalue weighted by molar-refractivity contribution is -0.132. The van der Waals surface area contributed by atoms with Crippen LogP contribution in [0.15, 0.2) is 28.3 Å². The van der Waals surface area contributed by atoms with Crippen LogP contribution in [-0.4, -0.2) is 29.0 Å². The van der Waals surface area contributed by atoms with Gasteiger partial charge in [-0.2, -0.15) is 13.2 Å². The van der Waals surface area contributed by atoms with Gasteiger partial charge in [0.15, 0.2) is 0 Å². The maximum absolute atomic E-state index is 12.7. The lowest BCUT2D eigenvalue weighted by Gasteiger charge is -2.26. The van der Waals surface area contributed by atoms with Gasteiger partial charge in [-0.25, -0.2) is 4.79 Å². The van der Waals surface area contributed by atoms with Crippen molar-refractivity contribution in [2.75, 3.05) is 0 Å². The second-order valence-electron chi connectivity index (χ2n) is 4.35. The van der Waals surface area contributed by atoms with Crippen molar-refractivity contribution in [2.45, 2.75) is 32.0 Å². The number of carboxylic acids is 1. The molecule has 0 aromatic rings. The topological polar surface area (TPSA) is 49.7 Å². The van der Waals surface area contributed by atoms with Crippen LogP contribution >= 0.6 is 0 Å². The molecule has 6 heteroatoms. The molecule has 3 nitrogen and oxygen atoms in total. The molecular formula is C11H12F3NO2. The first-order valence-corrected chi connectivity index (χ1v) is 4.88. The van der Waals surface area contributed by atoms with Crippen molar-refractivity contribution in [1.29, 1.82) is 0 Å². The lowest BCUT2D eigenvalue weighted by atomic mass is 9.88. The van der Waals surface area contributed by atoms with Crippen LogP contribution in [0.4, 0.5) is 13.2 Å². The number of aliphatic imine (C=N–C) groups is 1. The number of nitrogens with zero attached hydrogens (tertiary/aromatic N) is 1. The van der Waals surface area contributed by atoms with Crippen LogP contribution in [0.2, 0.25) is 0 Å². The van der Waals surface area contributed by atoms with Gasteiger partial charge >= 0.3 is 12.1 Å². The highest BCUT2D eigenvalue weighted by Crippen LogP contribution is 2.36.